The minimum absolute atomic E-state index is 0.715. The Morgan fingerprint density at radius 1 is 1.44 bits per heavy atom. The molecule has 0 N–H and O–H groups in total. The summed E-state index contributed by atoms with van der Waals surface area (Å²) in [7, 11) is -1.06. The molecule has 0 fully saturated rings. The van der Waals surface area contributed by atoms with E-state index in [4.69, 9.17) is 11.6 Å². The average molecular weight is 163 g/mol. The van der Waals surface area contributed by atoms with Crippen LogP contribution >= 0.6 is 11.6 Å². The van der Waals surface area contributed by atoms with Gasteiger partial charge in [-0.05, 0) is 6.92 Å². The second-order valence-corrected chi connectivity index (χ2v) is 8.61. The lowest BCUT2D eigenvalue weighted by Crippen LogP contribution is -2.24. The summed E-state index contributed by atoms with van der Waals surface area (Å²) < 4.78 is 0. The van der Waals surface area contributed by atoms with Crippen LogP contribution in [0, 0.1) is 0 Å². The van der Waals surface area contributed by atoms with Gasteiger partial charge in [-0.3, -0.25) is 0 Å². The molecule has 0 aliphatic carbocycles. The summed E-state index contributed by atoms with van der Waals surface area (Å²) in [6, 6.07) is 0. The zero-order chi connectivity index (χ0) is 7.49. The molecule has 0 nitrogen and oxygen atoms in total. The van der Waals surface area contributed by atoms with Crippen molar-refractivity contribution >= 4 is 19.7 Å². The SMILES string of the molecule is C/C=C(/CCl)[Si](C)(C)C. The van der Waals surface area contributed by atoms with Crippen LogP contribution in [0.15, 0.2) is 11.3 Å². The summed E-state index contributed by atoms with van der Waals surface area (Å²) in [5.74, 6) is 0.715. The van der Waals surface area contributed by atoms with Crippen molar-refractivity contribution < 1.29 is 0 Å². The monoisotopic (exact) mass is 162 g/mol. The van der Waals surface area contributed by atoms with Crippen LogP contribution in [0.25, 0.3) is 0 Å². The van der Waals surface area contributed by atoms with Gasteiger partial charge in [0.15, 0.2) is 0 Å². The zero-order valence-electron chi connectivity index (χ0n) is 6.66. The third kappa shape index (κ3) is 3.07. The van der Waals surface area contributed by atoms with Crippen molar-refractivity contribution in [2.24, 2.45) is 0 Å². The Bertz CT molecular complexity index is 111. The number of hydrogen-bond acceptors (Lipinski definition) is 0. The van der Waals surface area contributed by atoms with Crippen molar-refractivity contribution in [3.8, 4) is 0 Å². The summed E-state index contributed by atoms with van der Waals surface area (Å²) in [5.41, 5.74) is 0. The largest absolute Gasteiger partial charge is 0.122 e. The molecule has 0 aromatic heterocycles. The fraction of sp³-hybridized carbons (Fsp3) is 0.714. The summed E-state index contributed by atoms with van der Waals surface area (Å²) in [4.78, 5) is 0. The van der Waals surface area contributed by atoms with Gasteiger partial charge in [0.1, 0.15) is 0 Å². The first-order chi connectivity index (χ1) is 4.02. The van der Waals surface area contributed by atoms with E-state index in [9.17, 15) is 0 Å². The first-order valence-electron chi connectivity index (χ1n) is 3.24. The van der Waals surface area contributed by atoms with Crippen LogP contribution in [0.1, 0.15) is 6.92 Å². The molecule has 0 aromatic carbocycles. The Kier molecular flexibility index (Phi) is 3.52. The van der Waals surface area contributed by atoms with Crippen molar-refractivity contribution in [3.05, 3.63) is 11.3 Å². The Labute approximate surface area is 63.9 Å². The van der Waals surface area contributed by atoms with Crippen LogP contribution < -0.4 is 0 Å². The van der Waals surface area contributed by atoms with Gasteiger partial charge in [-0.2, -0.15) is 0 Å². The molecule has 0 saturated carbocycles. The smallest absolute Gasteiger partial charge is 0.0735 e. The number of halogens is 1. The molecule has 9 heavy (non-hydrogen) atoms. The quantitative estimate of drug-likeness (QED) is 0.433. The first kappa shape index (κ1) is 9.25. The molecule has 0 amide bonds. The summed E-state index contributed by atoms with van der Waals surface area (Å²) in [6.45, 7) is 9.00. The Morgan fingerprint density at radius 3 is 1.89 bits per heavy atom. The maximum atomic E-state index is 5.72. The van der Waals surface area contributed by atoms with E-state index in [1.165, 1.54) is 5.20 Å². The molecule has 0 spiro atoms. The van der Waals surface area contributed by atoms with Gasteiger partial charge in [-0.15, -0.1) is 11.6 Å². The molecule has 0 bridgehead atoms. The van der Waals surface area contributed by atoms with E-state index < -0.39 is 8.07 Å². The first-order valence-corrected chi connectivity index (χ1v) is 7.27. The maximum absolute atomic E-state index is 5.72. The van der Waals surface area contributed by atoms with Gasteiger partial charge in [0.2, 0.25) is 0 Å². The van der Waals surface area contributed by atoms with Crippen LogP contribution in [0.2, 0.25) is 19.6 Å². The normalized spacial score (nSPS) is 14.1. The van der Waals surface area contributed by atoms with Gasteiger partial charge < -0.3 is 0 Å². The number of hydrogen-bond donors (Lipinski definition) is 0. The van der Waals surface area contributed by atoms with Gasteiger partial charge in [0, 0.05) is 5.88 Å². The van der Waals surface area contributed by atoms with Crippen molar-refractivity contribution in [2.45, 2.75) is 26.6 Å². The molecule has 2 heteroatoms. The van der Waals surface area contributed by atoms with Crippen LogP contribution in [-0.4, -0.2) is 14.0 Å². The molecular weight excluding hydrogens is 148 g/mol. The standard InChI is InChI=1S/C7H15ClSi/c1-5-7(6-8)9(2,3)4/h5H,6H2,1-4H3/b7-5-. The van der Waals surface area contributed by atoms with E-state index in [0.717, 1.165) is 0 Å². The van der Waals surface area contributed by atoms with E-state index in [2.05, 4.69) is 32.6 Å². The highest BCUT2D eigenvalue weighted by atomic mass is 35.5. The van der Waals surface area contributed by atoms with Gasteiger partial charge >= 0.3 is 0 Å². The van der Waals surface area contributed by atoms with Crippen LogP contribution in [-0.2, 0) is 0 Å². The summed E-state index contributed by atoms with van der Waals surface area (Å²) >= 11 is 5.72. The van der Waals surface area contributed by atoms with E-state index in [1.807, 2.05) is 0 Å². The van der Waals surface area contributed by atoms with Crippen LogP contribution in [0.5, 0.6) is 0 Å². The molecule has 0 atom stereocenters. The predicted octanol–water partition coefficient (Wildman–Crippen LogP) is 3.05. The predicted molar refractivity (Wildman–Crippen MR) is 47.8 cm³/mol. The molecule has 0 rings (SSSR count). The van der Waals surface area contributed by atoms with Crippen LogP contribution in [0.4, 0.5) is 0 Å². The molecule has 54 valence electrons. The summed E-state index contributed by atoms with van der Waals surface area (Å²) in [5, 5.41) is 1.45. The molecule has 0 heterocycles. The maximum Gasteiger partial charge on any atom is 0.0735 e. The third-order valence-electron chi connectivity index (χ3n) is 1.46. The lowest BCUT2D eigenvalue weighted by Gasteiger charge is -2.17. The van der Waals surface area contributed by atoms with Crippen molar-refractivity contribution in [1.29, 1.82) is 0 Å². The Hall–Kier alpha value is 0.247. The molecule has 0 aliphatic heterocycles. The number of rotatable bonds is 2. The highest BCUT2D eigenvalue weighted by Gasteiger charge is 2.16. The lowest BCUT2D eigenvalue weighted by atomic mass is 10.6. The van der Waals surface area contributed by atoms with Crippen molar-refractivity contribution in [2.75, 3.05) is 5.88 Å². The molecule has 0 unspecified atom stereocenters. The topological polar surface area (TPSA) is 0 Å². The number of allylic oxidation sites excluding steroid dienone is 2. The second kappa shape index (κ2) is 3.42. The van der Waals surface area contributed by atoms with E-state index in [1.54, 1.807) is 0 Å². The highest BCUT2D eigenvalue weighted by molar-refractivity contribution is 6.83. The van der Waals surface area contributed by atoms with Crippen molar-refractivity contribution in [1.82, 2.24) is 0 Å². The van der Waals surface area contributed by atoms with E-state index in [-0.39, 0.29) is 0 Å². The Morgan fingerprint density at radius 2 is 1.89 bits per heavy atom. The van der Waals surface area contributed by atoms with E-state index >= 15 is 0 Å². The minimum Gasteiger partial charge on any atom is -0.122 e. The average Bonchev–Trinajstić information content (AvgIpc) is 1.65. The zero-order valence-corrected chi connectivity index (χ0v) is 8.42. The number of alkyl halides is 1. The molecule has 0 saturated heterocycles. The van der Waals surface area contributed by atoms with Gasteiger partial charge in [0.05, 0.1) is 8.07 Å². The van der Waals surface area contributed by atoms with Gasteiger partial charge in [-0.1, -0.05) is 30.9 Å². The summed E-state index contributed by atoms with van der Waals surface area (Å²) in [6.07, 6.45) is 2.15. The molecule has 0 aromatic rings. The highest BCUT2D eigenvalue weighted by Crippen LogP contribution is 2.14. The van der Waals surface area contributed by atoms with Crippen LogP contribution in [0.3, 0.4) is 0 Å². The van der Waals surface area contributed by atoms with Gasteiger partial charge in [-0.25, -0.2) is 0 Å². The molecular formula is C7H15ClSi. The fourth-order valence-corrected chi connectivity index (χ4v) is 3.33. The van der Waals surface area contributed by atoms with Gasteiger partial charge in [0.25, 0.3) is 0 Å². The minimum atomic E-state index is -1.06. The molecule has 0 radical (unpaired) electrons. The lowest BCUT2D eigenvalue weighted by molar-refractivity contribution is 1.49. The second-order valence-electron chi connectivity index (χ2n) is 3.20. The van der Waals surface area contributed by atoms with Crippen molar-refractivity contribution in [3.63, 3.8) is 0 Å². The Balaban J connectivity index is 4.14. The third-order valence-corrected chi connectivity index (χ3v) is 4.36. The fourth-order valence-electron chi connectivity index (χ4n) is 0.711. The molecule has 0 aliphatic rings. The van der Waals surface area contributed by atoms with E-state index in [0.29, 0.717) is 5.88 Å².